The molecule has 1 aliphatic heterocycles. The normalized spacial score (nSPS) is 22.4. The second kappa shape index (κ2) is 5.00. The number of hydrogen-bond donors (Lipinski definition) is 1. The zero-order chi connectivity index (χ0) is 14.2. The van der Waals surface area contributed by atoms with Crippen molar-refractivity contribution in [2.24, 2.45) is 5.73 Å². The molecule has 0 aromatic heterocycles. The van der Waals surface area contributed by atoms with Gasteiger partial charge in [-0.2, -0.15) is 0 Å². The molecule has 0 bridgehead atoms. The van der Waals surface area contributed by atoms with E-state index in [0.717, 1.165) is 5.56 Å². The van der Waals surface area contributed by atoms with Crippen molar-refractivity contribution in [3.8, 4) is 0 Å². The first-order valence-electron chi connectivity index (χ1n) is 6.66. The molecule has 0 saturated carbocycles. The van der Waals surface area contributed by atoms with Gasteiger partial charge < -0.3 is 4.90 Å². The van der Waals surface area contributed by atoms with Crippen molar-refractivity contribution in [2.45, 2.75) is 11.9 Å². The molecule has 1 heterocycles. The molecule has 2 nitrogen and oxygen atoms in total. The third-order valence-electron chi connectivity index (χ3n) is 3.81. The summed E-state index contributed by atoms with van der Waals surface area (Å²) in [7, 11) is 2.06. The summed E-state index contributed by atoms with van der Waals surface area (Å²) in [4.78, 5) is 2.88. The van der Waals surface area contributed by atoms with Crippen LogP contribution < -0.4 is 5.73 Å². The van der Waals surface area contributed by atoms with E-state index in [1.54, 1.807) is 11.8 Å². The van der Waals surface area contributed by atoms with E-state index in [1.807, 2.05) is 24.3 Å². The minimum Gasteiger partial charge on any atom is -0.347 e. The first-order chi connectivity index (χ1) is 9.63. The molecule has 3 heteroatoms. The lowest BCUT2D eigenvalue weighted by molar-refractivity contribution is 0.288. The smallest absolute Gasteiger partial charge is 0.167 e. The highest BCUT2D eigenvalue weighted by Gasteiger charge is 2.41. The topological polar surface area (TPSA) is 29.3 Å². The second-order valence-corrected chi connectivity index (χ2v) is 6.24. The van der Waals surface area contributed by atoms with Crippen molar-refractivity contribution in [2.75, 3.05) is 7.05 Å². The summed E-state index contributed by atoms with van der Waals surface area (Å²) < 4.78 is 0. The highest BCUT2D eigenvalue weighted by atomic mass is 32.2. The Hall–Kier alpha value is -1.71. The van der Waals surface area contributed by atoms with Crippen LogP contribution in [0, 0.1) is 0 Å². The van der Waals surface area contributed by atoms with Gasteiger partial charge in [0.1, 0.15) is 0 Å². The van der Waals surface area contributed by atoms with E-state index in [4.69, 9.17) is 5.73 Å². The maximum absolute atomic E-state index is 6.69. The fourth-order valence-electron chi connectivity index (χ4n) is 2.49. The number of allylic oxidation sites excluding steroid dienone is 1. The highest BCUT2D eigenvalue weighted by Crippen LogP contribution is 2.51. The van der Waals surface area contributed by atoms with E-state index in [9.17, 15) is 0 Å². The molecule has 1 atom stereocenters. The van der Waals surface area contributed by atoms with E-state index in [2.05, 4.69) is 55.3 Å². The number of thioether (sulfide) groups is 1. The van der Waals surface area contributed by atoms with E-state index in [0.29, 0.717) is 0 Å². The van der Waals surface area contributed by atoms with Crippen LogP contribution in [-0.4, -0.2) is 11.9 Å². The van der Waals surface area contributed by atoms with Gasteiger partial charge in [-0.3, -0.25) is 5.73 Å². The Morgan fingerprint density at radius 3 is 2.10 bits per heavy atom. The molecule has 0 amide bonds. The fraction of sp³-hybridized carbons (Fsp3) is 0.176. The number of benzene rings is 2. The van der Waals surface area contributed by atoms with Crippen molar-refractivity contribution in [1.29, 1.82) is 0 Å². The number of hydrogen-bond acceptors (Lipinski definition) is 3. The summed E-state index contributed by atoms with van der Waals surface area (Å²) in [6.45, 7) is 2.13. The molecule has 102 valence electrons. The predicted molar refractivity (Wildman–Crippen MR) is 86.7 cm³/mol. The Labute approximate surface area is 124 Å². The maximum atomic E-state index is 6.69. The number of rotatable bonds is 2. The molecule has 2 aromatic carbocycles. The fourth-order valence-corrected chi connectivity index (χ4v) is 3.86. The van der Waals surface area contributed by atoms with E-state index < -0.39 is 4.99 Å². The van der Waals surface area contributed by atoms with Gasteiger partial charge in [0.05, 0.1) is 0 Å². The van der Waals surface area contributed by atoms with Gasteiger partial charge in [0.2, 0.25) is 0 Å². The summed E-state index contributed by atoms with van der Waals surface area (Å²) >= 11 is 1.72. The largest absolute Gasteiger partial charge is 0.347 e. The van der Waals surface area contributed by atoms with Crippen molar-refractivity contribution >= 4 is 16.7 Å². The van der Waals surface area contributed by atoms with Gasteiger partial charge in [0.25, 0.3) is 0 Å². The van der Waals surface area contributed by atoms with Crippen LogP contribution in [0.25, 0.3) is 4.91 Å². The summed E-state index contributed by atoms with van der Waals surface area (Å²) in [6, 6.07) is 20.7. The van der Waals surface area contributed by atoms with Gasteiger partial charge in [0, 0.05) is 23.2 Å². The number of nitrogens with zero attached hydrogens (tertiary/aromatic N) is 1. The lowest BCUT2D eigenvalue weighted by atomic mass is 10.1. The third kappa shape index (κ3) is 2.03. The van der Waals surface area contributed by atoms with Gasteiger partial charge in [-0.1, -0.05) is 72.4 Å². The van der Waals surface area contributed by atoms with Crippen LogP contribution in [0.1, 0.15) is 18.1 Å². The Morgan fingerprint density at radius 1 is 0.950 bits per heavy atom. The predicted octanol–water partition coefficient (Wildman–Crippen LogP) is 3.82. The van der Waals surface area contributed by atoms with Crippen molar-refractivity contribution in [3.63, 3.8) is 0 Å². The Bertz CT molecular complexity index is 637. The SMILES string of the molecule is CC1=C(c2ccccc2)SC(N)(c2ccccc2)N1C. The summed E-state index contributed by atoms with van der Waals surface area (Å²) in [6.07, 6.45) is 0. The van der Waals surface area contributed by atoms with Gasteiger partial charge >= 0.3 is 0 Å². The van der Waals surface area contributed by atoms with Gasteiger partial charge in [-0.05, 0) is 12.5 Å². The van der Waals surface area contributed by atoms with Crippen LogP contribution in [0.5, 0.6) is 0 Å². The highest BCUT2D eigenvalue weighted by molar-refractivity contribution is 8.09. The molecule has 1 unspecified atom stereocenters. The average Bonchev–Trinajstić information content (AvgIpc) is 2.75. The average molecular weight is 282 g/mol. The Morgan fingerprint density at radius 2 is 1.50 bits per heavy atom. The molecule has 2 aromatic rings. The molecule has 1 aliphatic rings. The molecule has 0 saturated heterocycles. The first-order valence-corrected chi connectivity index (χ1v) is 7.48. The molecule has 0 radical (unpaired) electrons. The summed E-state index contributed by atoms with van der Waals surface area (Å²) in [5.41, 5.74) is 10.3. The summed E-state index contributed by atoms with van der Waals surface area (Å²) in [5, 5.41) is 0. The van der Waals surface area contributed by atoms with Crippen LogP contribution in [0.4, 0.5) is 0 Å². The van der Waals surface area contributed by atoms with E-state index >= 15 is 0 Å². The van der Waals surface area contributed by atoms with Crippen molar-refractivity contribution in [3.05, 3.63) is 77.5 Å². The lowest BCUT2D eigenvalue weighted by Crippen LogP contribution is -2.44. The molecular formula is C17H18N2S. The van der Waals surface area contributed by atoms with Crippen LogP contribution in [0.15, 0.2) is 66.4 Å². The zero-order valence-electron chi connectivity index (χ0n) is 11.7. The molecule has 2 N–H and O–H groups in total. The molecule has 3 rings (SSSR count). The molecule has 20 heavy (non-hydrogen) atoms. The molecule has 0 aliphatic carbocycles. The molecule has 0 spiro atoms. The zero-order valence-corrected chi connectivity index (χ0v) is 12.5. The minimum atomic E-state index is -0.531. The quantitative estimate of drug-likeness (QED) is 0.908. The van der Waals surface area contributed by atoms with Crippen molar-refractivity contribution in [1.82, 2.24) is 4.90 Å². The van der Waals surface area contributed by atoms with Crippen LogP contribution in [0.3, 0.4) is 0 Å². The van der Waals surface area contributed by atoms with Gasteiger partial charge in [-0.25, -0.2) is 0 Å². The van der Waals surface area contributed by atoms with Gasteiger partial charge in [0.15, 0.2) is 4.99 Å². The van der Waals surface area contributed by atoms with Crippen LogP contribution in [-0.2, 0) is 4.99 Å². The third-order valence-corrected chi connectivity index (χ3v) is 5.37. The summed E-state index contributed by atoms with van der Waals surface area (Å²) in [5.74, 6) is 0. The van der Waals surface area contributed by atoms with Crippen molar-refractivity contribution < 1.29 is 0 Å². The monoisotopic (exact) mass is 282 g/mol. The standard InChI is InChI=1S/C17H18N2S/c1-13-16(14-9-5-3-6-10-14)20-17(18,19(13)2)15-11-7-4-8-12-15/h3-12H,18H2,1-2H3. The van der Waals surface area contributed by atoms with E-state index in [-0.39, 0.29) is 0 Å². The molecule has 0 fully saturated rings. The maximum Gasteiger partial charge on any atom is 0.167 e. The Kier molecular flexibility index (Phi) is 3.32. The molecular weight excluding hydrogens is 264 g/mol. The minimum absolute atomic E-state index is 0.531. The second-order valence-electron chi connectivity index (χ2n) is 5.00. The van der Waals surface area contributed by atoms with Crippen LogP contribution in [0.2, 0.25) is 0 Å². The lowest BCUT2D eigenvalue weighted by Gasteiger charge is -2.34. The first kappa shape index (κ1) is 13.3. The Balaban J connectivity index is 2.02. The van der Waals surface area contributed by atoms with E-state index in [1.165, 1.54) is 16.2 Å². The van der Waals surface area contributed by atoms with Gasteiger partial charge in [-0.15, -0.1) is 0 Å². The number of nitrogens with two attached hydrogens (primary N) is 1. The van der Waals surface area contributed by atoms with Crippen LogP contribution >= 0.6 is 11.8 Å².